The Labute approximate surface area is 164 Å². The van der Waals surface area contributed by atoms with Crippen LogP contribution in [0.15, 0.2) is 24.4 Å². The molecule has 144 valence electrons. The Bertz CT molecular complexity index is 1190. The fourth-order valence-electron chi connectivity index (χ4n) is 3.05. The molecule has 8 heteroatoms. The summed E-state index contributed by atoms with van der Waals surface area (Å²) < 4.78 is 25.9. The molecule has 6 nitrogen and oxygen atoms in total. The third-order valence-corrected chi connectivity index (χ3v) is 5.41. The van der Waals surface area contributed by atoms with Gasteiger partial charge in [-0.25, -0.2) is 19.3 Å². The molecule has 0 aliphatic rings. The summed E-state index contributed by atoms with van der Waals surface area (Å²) in [6, 6.07) is 5.56. The van der Waals surface area contributed by atoms with Crippen LogP contribution in [0.25, 0.3) is 31.8 Å². The molecule has 0 saturated heterocycles. The van der Waals surface area contributed by atoms with Crippen LogP contribution in [-0.2, 0) is 0 Å². The molecule has 2 aromatic carbocycles. The lowest BCUT2D eigenvalue weighted by atomic mass is 10.1. The Hall–Kier alpha value is -2.84. The summed E-state index contributed by atoms with van der Waals surface area (Å²) in [6.07, 6.45) is 1.57. The molecule has 0 saturated carbocycles. The van der Waals surface area contributed by atoms with Crippen LogP contribution in [0.5, 0.6) is 11.6 Å². The molecule has 4 aromatic rings. The van der Waals surface area contributed by atoms with Gasteiger partial charge in [0.25, 0.3) is 0 Å². The molecule has 1 N–H and O–H groups in total. The topological polar surface area (TPSA) is 77.4 Å². The summed E-state index contributed by atoms with van der Waals surface area (Å²) in [6.45, 7) is 3.50. The Balaban J connectivity index is 1.91. The number of hydrogen-bond donors (Lipinski definition) is 1. The van der Waals surface area contributed by atoms with E-state index in [9.17, 15) is 4.39 Å². The van der Waals surface area contributed by atoms with Crippen molar-refractivity contribution in [2.24, 2.45) is 0 Å². The minimum absolute atomic E-state index is 0.0352. The summed E-state index contributed by atoms with van der Waals surface area (Å²) in [5, 5.41) is 9.67. The van der Waals surface area contributed by atoms with Crippen molar-refractivity contribution in [1.29, 1.82) is 0 Å². The van der Waals surface area contributed by atoms with Crippen LogP contribution >= 0.6 is 11.3 Å². The van der Waals surface area contributed by atoms with Crippen LogP contribution in [0, 0.1) is 19.7 Å². The van der Waals surface area contributed by atoms with E-state index in [-0.39, 0.29) is 19.0 Å². The fourth-order valence-corrected chi connectivity index (χ4v) is 4.13. The number of ether oxygens (including phenoxy) is 2. The lowest BCUT2D eigenvalue weighted by Gasteiger charge is -2.07. The minimum Gasteiger partial charge on any atom is -0.488 e. The molecule has 0 atom stereocenters. The first-order valence-electron chi connectivity index (χ1n) is 8.67. The van der Waals surface area contributed by atoms with Gasteiger partial charge in [-0.15, -0.1) is 11.3 Å². The van der Waals surface area contributed by atoms with Crippen molar-refractivity contribution < 1.29 is 19.0 Å². The van der Waals surface area contributed by atoms with Crippen LogP contribution in [-0.4, -0.2) is 40.4 Å². The number of halogens is 1. The average molecular weight is 399 g/mol. The van der Waals surface area contributed by atoms with E-state index < -0.39 is 5.82 Å². The molecule has 0 bridgehead atoms. The van der Waals surface area contributed by atoms with Crippen LogP contribution < -0.4 is 9.47 Å². The number of thiazole rings is 1. The number of nitrogens with zero attached hydrogens (tertiary/aromatic N) is 3. The van der Waals surface area contributed by atoms with Gasteiger partial charge in [-0.3, -0.25) is 0 Å². The number of aryl methyl sites for hydroxylation is 2. The second kappa shape index (κ2) is 7.29. The molecule has 0 unspecified atom stereocenters. The average Bonchev–Trinajstić information content (AvgIpc) is 3.12. The van der Waals surface area contributed by atoms with E-state index in [0.29, 0.717) is 28.0 Å². The number of aromatic nitrogens is 3. The summed E-state index contributed by atoms with van der Waals surface area (Å²) in [7, 11) is 1.55. The van der Waals surface area contributed by atoms with E-state index in [1.54, 1.807) is 26.3 Å². The van der Waals surface area contributed by atoms with Crippen LogP contribution in [0.4, 0.5) is 4.39 Å². The zero-order valence-electron chi connectivity index (χ0n) is 15.6. The van der Waals surface area contributed by atoms with Gasteiger partial charge in [0, 0.05) is 17.2 Å². The molecule has 0 aliphatic heterocycles. The number of rotatable bonds is 5. The highest BCUT2D eigenvalue weighted by atomic mass is 32.1. The van der Waals surface area contributed by atoms with Gasteiger partial charge in [0.1, 0.15) is 11.6 Å². The maximum Gasteiger partial charge on any atom is 0.232 e. The zero-order valence-corrected chi connectivity index (χ0v) is 16.4. The Morgan fingerprint density at radius 2 is 1.96 bits per heavy atom. The Morgan fingerprint density at radius 1 is 1.14 bits per heavy atom. The van der Waals surface area contributed by atoms with E-state index in [1.807, 2.05) is 19.1 Å². The lowest BCUT2D eigenvalue weighted by molar-refractivity contribution is 0.196. The van der Waals surface area contributed by atoms with Crippen molar-refractivity contribution in [3.8, 4) is 22.2 Å². The summed E-state index contributed by atoms with van der Waals surface area (Å²) in [4.78, 5) is 13.6. The molecular weight excluding hydrogens is 381 g/mol. The number of fused-ring (bicyclic) bond motifs is 2. The second-order valence-corrected chi connectivity index (χ2v) is 7.37. The molecule has 2 aromatic heterocycles. The highest BCUT2D eigenvalue weighted by Crippen LogP contribution is 2.38. The molecular formula is C20H18FN3O3S. The number of benzene rings is 2. The van der Waals surface area contributed by atoms with Crippen molar-refractivity contribution >= 4 is 32.6 Å². The smallest absolute Gasteiger partial charge is 0.232 e. The second-order valence-electron chi connectivity index (χ2n) is 6.34. The molecule has 0 amide bonds. The summed E-state index contributed by atoms with van der Waals surface area (Å²) in [5.41, 5.74) is 4.27. The summed E-state index contributed by atoms with van der Waals surface area (Å²) >= 11 is 1.44. The fraction of sp³-hybridized carbons (Fsp3) is 0.250. The molecule has 0 radical (unpaired) electrons. The Morgan fingerprint density at radius 3 is 2.71 bits per heavy atom. The van der Waals surface area contributed by atoms with Gasteiger partial charge in [-0.1, -0.05) is 0 Å². The van der Waals surface area contributed by atoms with Gasteiger partial charge in [0.2, 0.25) is 5.88 Å². The van der Waals surface area contributed by atoms with Crippen molar-refractivity contribution in [3.05, 3.63) is 41.3 Å². The molecule has 28 heavy (non-hydrogen) atoms. The monoisotopic (exact) mass is 399 g/mol. The number of aliphatic hydroxyl groups excluding tert-OH is 1. The number of hydrogen-bond acceptors (Lipinski definition) is 7. The van der Waals surface area contributed by atoms with E-state index in [2.05, 4.69) is 15.0 Å². The van der Waals surface area contributed by atoms with Crippen molar-refractivity contribution in [3.63, 3.8) is 0 Å². The van der Waals surface area contributed by atoms with E-state index >= 15 is 0 Å². The molecule has 0 fully saturated rings. The quantitative estimate of drug-likeness (QED) is 0.546. The third kappa shape index (κ3) is 3.14. The van der Waals surface area contributed by atoms with Gasteiger partial charge >= 0.3 is 0 Å². The van der Waals surface area contributed by atoms with Crippen molar-refractivity contribution in [2.75, 3.05) is 20.3 Å². The predicted octanol–water partition coefficient (Wildman–Crippen LogP) is 4.04. The van der Waals surface area contributed by atoms with E-state index in [0.717, 1.165) is 20.8 Å². The van der Waals surface area contributed by atoms with Gasteiger partial charge in [0.05, 0.1) is 41.2 Å². The first-order chi connectivity index (χ1) is 13.5. The first kappa shape index (κ1) is 18.5. The van der Waals surface area contributed by atoms with E-state index in [4.69, 9.17) is 14.6 Å². The molecule has 4 rings (SSSR count). The molecule has 0 spiro atoms. The zero-order chi connectivity index (χ0) is 19.8. The minimum atomic E-state index is -0.462. The van der Waals surface area contributed by atoms with E-state index in [1.165, 1.54) is 11.3 Å². The Kier molecular flexibility index (Phi) is 4.82. The van der Waals surface area contributed by atoms with Crippen LogP contribution in [0.2, 0.25) is 0 Å². The SMILES string of the molecule is COc1cnc2c(-c3nc4c(C)c(F)c(OCCO)cc4s3)cc(C)cc2n1. The number of methoxy groups -OCH3 is 1. The number of aliphatic hydroxyl groups is 1. The normalized spacial score (nSPS) is 11.3. The van der Waals surface area contributed by atoms with Crippen LogP contribution in [0.3, 0.4) is 0 Å². The summed E-state index contributed by atoms with van der Waals surface area (Å²) in [5.74, 6) is 0.0984. The largest absolute Gasteiger partial charge is 0.488 e. The van der Waals surface area contributed by atoms with Crippen molar-refractivity contribution in [2.45, 2.75) is 13.8 Å². The van der Waals surface area contributed by atoms with Gasteiger partial charge < -0.3 is 14.6 Å². The third-order valence-electron chi connectivity index (χ3n) is 4.37. The van der Waals surface area contributed by atoms with Crippen molar-refractivity contribution in [1.82, 2.24) is 15.0 Å². The van der Waals surface area contributed by atoms with Gasteiger partial charge in [-0.05, 0) is 31.5 Å². The van der Waals surface area contributed by atoms with Gasteiger partial charge in [0.15, 0.2) is 11.6 Å². The lowest BCUT2D eigenvalue weighted by Crippen LogP contribution is -2.04. The highest BCUT2D eigenvalue weighted by Gasteiger charge is 2.18. The standard InChI is InChI=1S/C20H18FN3O3S/c1-10-6-12(19-13(7-10)23-16(26-3)9-22-19)20-24-18-11(2)17(21)14(27-5-4-25)8-15(18)28-20/h6-9,25H,4-5H2,1-3H3. The first-order valence-corrected chi connectivity index (χ1v) is 9.48. The maximum atomic E-state index is 14.6. The molecule has 0 aliphatic carbocycles. The highest BCUT2D eigenvalue weighted by molar-refractivity contribution is 7.21. The van der Waals surface area contributed by atoms with Gasteiger partial charge in [-0.2, -0.15) is 0 Å². The molecule has 2 heterocycles. The maximum absolute atomic E-state index is 14.6. The predicted molar refractivity (Wildman–Crippen MR) is 107 cm³/mol. The van der Waals surface area contributed by atoms with Crippen LogP contribution in [0.1, 0.15) is 11.1 Å².